The molecular formula is C13H12N2O2S. The van der Waals surface area contributed by atoms with E-state index >= 15 is 0 Å². The number of thiophene rings is 1. The Morgan fingerprint density at radius 3 is 2.72 bits per heavy atom. The summed E-state index contributed by atoms with van der Waals surface area (Å²) in [4.78, 5) is 12.2. The van der Waals surface area contributed by atoms with Crippen LogP contribution in [0.5, 0.6) is 5.75 Å². The highest BCUT2D eigenvalue weighted by Crippen LogP contribution is 2.10. The lowest BCUT2D eigenvalue weighted by Crippen LogP contribution is -2.16. The second-order valence-corrected chi connectivity index (χ2v) is 4.40. The van der Waals surface area contributed by atoms with Crippen LogP contribution < -0.4 is 10.2 Å². The Balaban J connectivity index is 1.93. The smallest absolute Gasteiger partial charge is 0.281 e. The van der Waals surface area contributed by atoms with Crippen LogP contribution in [0.25, 0.3) is 0 Å². The van der Waals surface area contributed by atoms with E-state index < -0.39 is 0 Å². The minimum absolute atomic E-state index is 0.199. The first-order valence-electron chi connectivity index (χ1n) is 5.30. The largest absolute Gasteiger partial charge is 0.497 e. The normalized spacial score (nSPS) is 10.5. The third-order valence-corrected chi connectivity index (χ3v) is 3.11. The van der Waals surface area contributed by atoms with Gasteiger partial charge in [0.05, 0.1) is 18.2 Å². The van der Waals surface area contributed by atoms with Crippen LogP contribution in [0.1, 0.15) is 15.2 Å². The van der Waals surface area contributed by atoms with Crippen LogP contribution in [0.15, 0.2) is 46.9 Å². The number of benzene rings is 1. The number of hydrogen-bond acceptors (Lipinski definition) is 4. The number of amides is 1. The van der Waals surface area contributed by atoms with Crippen molar-refractivity contribution < 1.29 is 9.53 Å². The second kappa shape index (κ2) is 5.97. The Bertz CT molecular complexity index is 533. The molecule has 2 aromatic rings. The first-order chi connectivity index (χ1) is 8.79. The summed E-state index contributed by atoms with van der Waals surface area (Å²) in [5.41, 5.74) is 3.36. The van der Waals surface area contributed by atoms with E-state index in [9.17, 15) is 4.79 Å². The monoisotopic (exact) mass is 260 g/mol. The van der Waals surface area contributed by atoms with Gasteiger partial charge in [-0.25, -0.2) is 5.43 Å². The maximum absolute atomic E-state index is 11.6. The molecule has 0 saturated heterocycles. The Hall–Kier alpha value is -2.14. The topological polar surface area (TPSA) is 50.7 Å². The van der Waals surface area contributed by atoms with Gasteiger partial charge >= 0.3 is 0 Å². The molecule has 1 aromatic carbocycles. The van der Waals surface area contributed by atoms with Gasteiger partial charge in [-0.1, -0.05) is 6.07 Å². The second-order valence-electron chi connectivity index (χ2n) is 3.45. The van der Waals surface area contributed by atoms with E-state index in [0.717, 1.165) is 11.3 Å². The van der Waals surface area contributed by atoms with E-state index in [1.165, 1.54) is 11.3 Å². The predicted octanol–water partition coefficient (Wildman–Crippen LogP) is 2.52. The van der Waals surface area contributed by atoms with E-state index in [4.69, 9.17) is 4.74 Å². The van der Waals surface area contributed by atoms with Gasteiger partial charge in [0.1, 0.15) is 5.75 Å². The molecule has 0 radical (unpaired) electrons. The van der Waals surface area contributed by atoms with Gasteiger partial charge in [0.25, 0.3) is 5.91 Å². The molecule has 0 aliphatic rings. The summed E-state index contributed by atoms with van der Waals surface area (Å²) in [7, 11) is 1.62. The molecule has 0 unspecified atom stereocenters. The summed E-state index contributed by atoms with van der Waals surface area (Å²) in [6.07, 6.45) is 1.59. The predicted molar refractivity (Wildman–Crippen MR) is 72.4 cm³/mol. The number of methoxy groups -OCH3 is 1. The van der Waals surface area contributed by atoms with E-state index in [1.807, 2.05) is 35.7 Å². The van der Waals surface area contributed by atoms with Gasteiger partial charge < -0.3 is 4.74 Å². The van der Waals surface area contributed by atoms with E-state index in [-0.39, 0.29) is 5.91 Å². The summed E-state index contributed by atoms with van der Waals surface area (Å²) in [5, 5.41) is 5.74. The summed E-state index contributed by atoms with van der Waals surface area (Å²) in [6, 6.07) is 11.0. The van der Waals surface area contributed by atoms with Crippen molar-refractivity contribution in [3.05, 3.63) is 52.2 Å². The highest BCUT2D eigenvalue weighted by atomic mass is 32.1. The number of hydrogen-bond donors (Lipinski definition) is 1. The van der Waals surface area contributed by atoms with Crippen molar-refractivity contribution in [3.63, 3.8) is 0 Å². The molecule has 1 amide bonds. The van der Waals surface area contributed by atoms with Crippen LogP contribution >= 0.6 is 11.3 Å². The molecule has 1 heterocycles. The van der Waals surface area contributed by atoms with Crippen LogP contribution in [-0.2, 0) is 0 Å². The van der Waals surface area contributed by atoms with Crippen LogP contribution in [0.4, 0.5) is 0 Å². The SMILES string of the molecule is COc1ccc(C=NNC(=O)c2cccs2)cc1. The molecule has 0 bridgehead atoms. The molecule has 1 aromatic heterocycles. The molecule has 0 aliphatic carbocycles. The fraction of sp³-hybridized carbons (Fsp3) is 0.0769. The van der Waals surface area contributed by atoms with Crippen molar-refractivity contribution in [2.75, 3.05) is 7.11 Å². The maximum Gasteiger partial charge on any atom is 0.281 e. The van der Waals surface area contributed by atoms with Gasteiger partial charge in [0.15, 0.2) is 0 Å². The zero-order chi connectivity index (χ0) is 12.8. The third-order valence-electron chi connectivity index (χ3n) is 2.24. The lowest BCUT2D eigenvalue weighted by atomic mass is 10.2. The zero-order valence-electron chi connectivity index (χ0n) is 9.79. The molecule has 2 rings (SSSR count). The lowest BCUT2D eigenvalue weighted by Gasteiger charge is -1.99. The number of carbonyl (C=O) groups excluding carboxylic acids is 1. The average molecular weight is 260 g/mol. The summed E-state index contributed by atoms with van der Waals surface area (Å²) in [6.45, 7) is 0. The maximum atomic E-state index is 11.6. The Kier molecular flexibility index (Phi) is 4.09. The fourth-order valence-corrected chi connectivity index (χ4v) is 1.93. The standard InChI is InChI=1S/C13H12N2O2S/c1-17-11-6-4-10(5-7-11)9-14-15-13(16)12-3-2-8-18-12/h2-9H,1H3,(H,15,16). The quantitative estimate of drug-likeness (QED) is 0.678. The van der Waals surface area contributed by atoms with Crippen LogP contribution in [0.3, 0.4) is 0 Å². The van der Waals surface area contributed by atoms with Gasteiger partial charge in [-0.05, 0) is 41.3 Å². The molecule has 0 saturated carbocycles. The van der Waals surface area contributed by atoms with Crippen LogP contribution in [-0.4, -0.2) is 19.2 Å². The van der Waals surface area contributed by atoms with E-state index in [0.29, 0.717) is 4.88 Å². The minimum atomic E-state index is -0.199. The van der Waals surface area contributed by atoms with Gasteiger partial charge in [-0.15, -0.1) is 11.3 Å². The summed E-state index contributed by atoms with van der Waals surface area (Å²) in [5.74, 6) is 0.588. The van der Waals surface area contributed by atoms with Crippen molar-refractivity contribution in [1.82, 2.24) is 5.43 Å². The minimum Gasteiger partial charge on any atom is -0.497 e. The number of rotatable bonds is 4. The molecule has 5 heteroatoms. The molecule has 0 atom stereocenters. The summed E-state index contributed by atoms with van der Waals surface area (Å²) < 4.78 is 5.05. The summed E-state index contributed by atoms with van der Waals surface area (Å²) >= 11 is 1.38. The Morgan fingerprint density at radius 1 is 1.33 bits per heavy atom. The molecule has 0 fully saturated rings. The van der Waals surface area contributed by atoms with Crippen molar-refractivity contribution in [2.24, 2.45) is 5.10 Å². The van der Waals surface area contributed by atoms with Crippen molar-refractivity contribution in [3.8, 4) is 5.75 Å². The first kappa shape index (κ1) is 12.3. The molecule has 18 heavy (non-hydrogen) atoms. The van der Waals surface area contributed by atoms with Gasteiger partial charge in [-0.2, -0.15) is 5.10 Å². The highest BCUT2D eigenvalue weighted by Gasteiger charge is 2.03. The highest BCUT2D eigenvalue weighted by molar-refractivity contribution is 7.12. The van der Waals surface area contributed by atoms with E-state index in [1.54, 1.807) is 19.4 Å². The van der Waals surface area contributed by atoms with Crippen molar-refractivity contribution in [2.45, 2.75) is 0 Å². The number of carbonyl (C=O) groups is 1. The van der Waals surface area contributed by atoms with Crippen molar-refractivity contribution >= 4 is 23.5 Å². The van der Waals surface area contributed by atoms with Gasteiger partial charge in [-0.3, -0.25) is 4.79 Å². The molecule has 92 valence electrons. The Labute approximate surface area is 109 Å². The number of nitrogens with zero attached hydrogens (tertiary/aromatic N) is 1. The van der Waals surface area contributed by atoms with Crippen molar-refractivity contribution in [1.29, 1.82) is 0 Å². The fourth-order valence-electron chi connectivity index (χ4n) is 1.32. The molecule has 0 spiro atoms. The molecular weight excluding hydrogens is 248 g/mol. The zero-order valence-corrected chi connectivity index (χ0v) is 10.6. The van der Waals surface area contributed by atoms with Gasteiger partial charge in [0.2, 0.25) is 0 Å². The Morgan fingerprint density at radius 2 is 2.11 bits per heavy atom. The number of hydrazone groups is 1. The lowest BCUT2D eigenvalue weighted by molar-refractivity contribution is 0.0959. The van der Waals surface area contributed by atoms with Crippen LogP contribution in [0.2, 0.25) is 0 Å². The van der Waals surface area contributed by atoms with Crippen LogP contribution in [0, 0.1) is 0 Å². The van der Waals surface area contributed by atoms with Gasteiger partial charge in [0, 0.05) is 0 Å². The number of nitrogens with one attached hydrogen (secondary N) is 1. The molecule has 0 aliphatic heterocycles. The molecule has 1 N–H and O–H groups in total. The van der Waals surface area contributed by atoms with E-state index in [2.05, 4.69) is 10.5 Å². The average Bonchev–Trinajstić information content (AvgIpc) is 2.93. The third kappa shape index (κ3) is 3.18. The molecule has 4 nitrogen and oxygen atoms in total. The number of ether oxygens (including phenoxy) is 1. The first-order valence-corrected chi connectivity index (χ1v) is 6.18.